The highest BCUT2D eigenvalue weighted by molar-refractivity contribution is 5.26. The highest BCUT2D eigenvalue weighted by Gasteiger charge is 2.45. The SMILES string of the molecule is CC1CCC(N(C2CCC(C3=C4OC5CCC=CC5C4CCC3)CC2)C2CCC(C#N)C(C)C2)=CC1C#N. The molecule has 38 heavy (non-hydrogen) atoms. The van der Waals surface area contributed by atoms with Gasteiger partial charge in [0.2, 0.25) is 0 Å². The average Bonchev–Trinajstić information content (AvgIpc) is 3.33. The maximum atomic E-state index is 9.85. The molecule has 0 bridgehead atoms. The Hall–Kier alpha value is -2.20. The van der Waals surface area contributed by atoms with Crippen molar-refractivity contribution < 1.29 is 4.74 Å². The second-order valence-corrected chi connectivity index (χ2v) is 13.5. The van der Waals surface area contributed by atoms with Gasteiger partial charge >= 0.3 is 0 Å². The van der Waals surface area contributed by atoms with Gasteiger partial charge in [-0.15, -0.1) is 0 Å². The number of nitriles is 2. The van der Waals surface area contributed by atoms with Crippen molar-refractivity contribution in [3.05, 3.63) is 35.3 Å². The lowest BCUT2D eigenvalue weighted by atomic mass is 9.71. The molecule has 6 aliphatic rings. The zero-order chi connectivity index (χ0) is 26.2. The molecule has 0 spiro atoms. The Bertz CT molecular complexity index is 1050. The van der Waals surface area contributed by atoms with Gasteiger partial charge in [0.05, 0.1) is 23.8 Å². The Balaban J connectivity index is 1.20. The van der Waals surface area contributed by atoms with Crippen molar-refractivity contribution in [1.82, 2.24) is 4.90 Å². The first-order valence-electron chi connectivity index (χ1n) is 15.9. The van der Waals surface area contributed by atoms with Crippen LogP contribution in [0.15, 0.2) is 35.3 Å². The third-order valence-corrected chi connectivity index (χ3v) is 11.4. The molecule has 0 aromatic carbocycles. The van der Waals surface area contributed by atoms with E-state index in [4.69, 9.17) is 4.74 Å². The Morgan fingerprint density at radius 1 is 0.868 bits per heavy atom. The van der Waals surface area contributed by atoms with Crippen LogP contribution in [-0.2, 0) is 4.74 Å². The van der Waals surface area contributed by atoms with Gasteiger partial charge in [0.1, 0.15) is 6.10 Å². The van der Waals surface area contributed by atoms with Crippen molar-refractivity contribution in [1.29, 1.82) is 10.5 Å². The number of hydrogen-bond acceptors (Lipinski definition) is 4. The quantitative estimate of drug-likeness (QED) is 0.357. The molecule has 0 aromatic rings. The Kier molecular flexibility index (Phi) is 7.62. The van der Waals surface area contributed by atoms with Crippen LogP contribution >= 0.6 is 0 Å². The third-order valence-electron chi connectivity index (χ3n) is 11.4. The van der Waals surface area contributed by atoms with Gasteiger partial charge in [0.25, 0.3) is 0 Å². The van der Waals surface area contributed by atoms with Crippen LogP contribution in [0.1, 0.15) is 104 Å². The molecule has 0 N–H and O–H groups in total. The van der Waals surface area contributed by atoms with Gasteiger partial charge in [-0.1, -0.05) is 26.0 Å². The minimum absolute atomic E-state index is 0.0358. The van der Waals surface area contributed by atoms with E-state index in [1.165, 1.54) is 69.2 Å². The first-order chi connectivity index (χ1) is 18.6. The topological polar surface area (TPSA) is 60.0 Å². The molecule has 1 aliphatic heterocycles. The van der Waals surface area contributed by atoms with E-state index in [0.29, 0.717) is 47.8 Å². The first kappa shape index (κ1) is 26.0. The lowest BCUT2D eigenvalue weighted by Crippen LogP contribution is -2.48. The summed E-state index contributed by atoms with van der Waals surface area (Å²) >= 11 is 0. The van der Waals surface area contributed by atoms with E-state index in [0.717, 1.165) is 32.1 Å². The van der Waals surface area contributed by atoms with Crippen LogP contribution in [0.2, 0.25) is 0 Å². The van der Waals surface area contributed by atoms with Crippen LogP contribution in [0.25, 0.3) is 0 Å². The molecule has 5 aliphatic carbocycles. The van der Waals surface area contributed by atoms with E-state index >= 15 is 0 Å². The van der Waals surface area contributed by atoms with E-state index in [1.54, 1.807) is 5.57 Å². The van der Waals surface area contributed by atoms with Crippen LogP contribution in [0.5, 0.6) is 0 Å². The molecule has 2 saturated carbocycles. The molecule has 0 aromatic heterocycles. The summed E-state index contributed by atoms with van der Waals surface area (Å²) in [5, 5.41) is 19.5. The number of hydrogen-bond donors (Lipinski definition) is 0. The Morgan fingerprint density at radius 3 is 2.45 bits per heavy atom. The molecule has 204 valence electrons. The summed E-state index contributed by atoms with van der Waals surface area (Å²) in [6.07, 6.45) is 24.4. The summed E-state index contributed by atoms with van der Waals surface area (Å²) in [7, 11) is 0. The Labute approximate surface area is 230 Å². The smallest absolute Gasteiger partial charge is 0.105 e. The van der Waals surface area contributed by atoms with Gasteiger partial charge in [-0.05, 0) is 119 Å². The minimum atomic E-state index is 0.0358. The van der Waals surface area contributed by atoms with Crippen LogP contribution in [-0.4, -0.2) is 23.1 Å². The summed E-state index contributed by atoms with van der Waals surface area (Å²) in [4.78, 5) is 2.81. The van der Waals surface area contributed by atoms with Crippen LogP contribution in [0.3, 0.4) is 0 Å². The normalized spacial score (nSPS) is 42.7. The molecule has 4 nitrogen and oxygen atoms in total. The fourth-order valence-electron chi connectivity index (χ4n) is 9.14. The van der Waals surface area contributed by atoms with Crippen molar-refractivity contribution in [2.75, 3.05) is 0 Å². The fraction of sp³-hybridized carbons (Fsp3) is 0.765. The molecule has 8 unspecified atom stereocenters. The summed E-state index contributed by atoms with van der Waals surface area (Å²) in [5.41, 5.74) is 3.13. The maximum absolute atomic E-state index is 9.85. The molecule has 3 fully saturated rings. The van der Waals surface area contributed by atoms with Gasteiger partial charge in [0.15, 0.2) is 0 Å². The summed E-state index contributed by atoms with van der Waals surface area (Å²) in [6.45, 7) is 4.52. The highest BCUT2D eigenvalue weighted by Crippen LogP contribution is 2.51. The number of fused-ring (bicyclic) bond motifs is 3. The highest BCUT2D eigenvalue weighted by atomic mass is 16.5. The van der Waals surface area contributed by atoms with Crippen molar-refractivity contribution in [3.8, 4) is 12.1 Å². The fourth-order valence-corrected chi connectivity index (χ4v) is 9.14. The van der Waals surface area contributed by atoms with Gasteiger partial charge in [0, 0.05) is 35.5 Å². The minimum Gasteiger partial charge on any atom is -0.494 e. The van der Waals surface area contributed by atoms with Gasteiger partial charge < -0.3 is 9.64 Å². The zero-order valence-electron chi connectivity index (χ0n) is 23.7. The monoisotopic (exact) mass is 513 g/mol. The van der Waals surface area contributed by atoms with Crippen molar-refractivity contribution in [3.63, 3.8) is 0 Å². The summed E-state index contributed by atoms with van der Waals surface area (Å²) < 4.78 is 6.72. The third kappa shape index (κ3) is 4.83. The van der Waals surface area contributed by atoms with E-state index in [2.05, 4.69) is 49.1 Å². The second kappa shape index (κ2) is 11.1. The predicted octanol–water partition coefficient (Wildman–Crippen LogP) is 8.05. The van der Waals surface area contributed by atoms with E-state index in [1.807, 2.05) is 0 Å². The molecule has 4 heteroatoms. The molecule has 6 rings (SSSR count). The van der Waals surface area contributed by atoms with E-state index in [-0.39, 0.29) is 11.8 Å². The molecule has 0 amide bonds. The van der Waals surface area contributed by atoms with Crippen molar-refractivity contribution in [2.24, 2.45) is 41.4 Å². The van der Waals surface area contributed by atoms with Crippen molar-refractivity contribution in [2.45, 2.75) is 122 Å². The molecule has 1 saturated heterocycles. The first-order valence-corrected chi connectivity index (χ1v) is 15.9. The molecule has 0 radical (unpaired) electrons. The van der Waals surface area contributed by atoms with Crippen LogP contribution in [0, 0.1) is 64.1 Å². The molecule has 1 heterocycles. The predicted molar refractivity (Wildman–Crippen MR) is 150 cm³/mol. The maximum Gasteiger partial charge on any atom is 0.105 e. The summed E-state index contributed by atoms with van der Waals surface area (Å²) in [5.74, 6) is 4.52. The average molecular weight is 514 g/mol. The number of allylic oxidation sites excluding steroid dienone is 5. The number of nitrogens with zero attached hydrogens (tertiary/aromatic N) is 3. The van der Waals surface area contributed by atoms with Gasteiger partial charge in [-0.2, -0.15) is 10.5 Å². The van der Waals surface area contributed by atoms with Crippen LogP contribution in [0.4, 0.5) is 0 Å². The lowest BCUT2D eigenvalue weighted by Gasteiger charge is -2.48. The van der Waals surface area contributed by atoms with E-state index in [9.17, 15) is 10.5 Å². The van der Waals surface area contributed by atoms with Gasteiger partial charge in [-0.25, -0.2) is 0 Å². The van der Waals surface area contributed by atoms with Crippen molar-refractivity contribution >= 4 is 0 Å². The zero-order valence-corrected chi connectivity index (χ0v) is 23.7. The number of ether oxygens (including phenoxy) is 1. The largest absolute Gasteiger partial charge is 0.494 e. The molecular weight excluding hydrogens is 466 g/mol. The second-order valence-electron chi connectivity index (χ2n) is 13.5. The van der Waals surface area contributed by atoms with Crippen LogP contribution < -0.4 is 0 Å². The standard InChI is InChI=1S/C34H47N3O/c1-22-10-14-29(19-26(22)21-36)37(28-17-13-25(20-35)23(2)18-28)27-15-11-24(12-16-27)30-7-5-8-32-31-6-3-4-9-33(31)38-34(30)32/h3,6,19,22-28,31-33H,4-5,7-18H2,1-2H3. The summed E-state index contributed by atoms with van der Waals surface area (Å²) in [6, 6.07) is 6.26. The molecule has 8 atom stereocenters. The van der Waals surface area contributed by atoms with E-state index < -0.39 is 0 Å². The molecular formula is C34H47N3O. The lowest BCUT2D eigenvalue weighted by molar-refractivity contribution is 0.0761. The Morgan fingerprint density at radius 2 is 1.68 bits per heavy atom. The number of rotatable bonds is 4. The van der Waals surface area contributed by atoms with Gasteiger partial charge in [-0.3, -0.25) is 0 Å².